The molecule has 146 valence electrons. The molecule has 0 radical (unpaired) electrons. The van der Waals surface area contributed by atoms with Crippen LogP contribution in [0.3, 0.4) is 0 Å². The largest absolute Gasteiger partial charge is 0.459 e. The molecule has 4 rings (SSSR count). The number of carbonyl (C=O) groups excluding carboxylic acids is 2. The first-order valence-electron chi connectivity index (χ1n) is 9.45. The molecule has 2 heterocycles. The van der Waals surface area contributed by atoms with Crippen molar-refractivity contribution in [3.8, 4) is 0 Å². The molecule has 0 amide bonds. The Balaban J connectivity index is 1.76. The second-order valence-corrected chi connectivity index (χ2v) is 8.46. The van der Waals surface area contributed by atoms with Gasteiger partial charge in [-0.25, -0.2) is 9.59 Å². The zero-order valence-electron chi connectivity index (χ0n) is 15.8. The molecule has 0 unspecified atom stereocenters. The first kappa shape index (κ1) is 18.4. The minimum atomic E-state index is -1.10. The highest BCUT2D eigenvalue weighted by molar-refractivity contribution is 5.87. The summed E-state index contributed by atoms with van der Waals surface area (Å²) >= 11 is 0. The Hall–Kier alpha value is -1.92. The number of rotatable bonds is 2. The lowest BCUT2D eigenvalue weighted by atomic mass is 9.71. The van der Waals surface area contributed by atoms with Crippen LogP contribution in [0.1, 0.15) is 33.1 Å². The van der Waals surface area contributed by atoms with Crippen molar-refractivity contribution in [3.63, 3.8) is 0 Å². The summed E-state index contributed by atoms with van der Waals surface area (Å²) in [6.07, 6.45) is -0.446. The summed E-state index contributed by atoms with van der Waals surface area (Å²) in [4.78, 5) is 25.1. The predicted molar refractivity (Wildman–Crippen MR) is 96.5 cm³/mol. The van der Waals surface area contributed by atoms with Crippen LogP contribution in [0.5, 0.6) is 0 Å². The van der Waals surface area contributed by atoms with E-state index in [1.807, 2.05) is 6.92 Å². The Morgan fingerprint density at radius 2 is 2.04 bits per heavy atom. The maximum Gasteiger partial charge on any atom is 0.339 e. The van der Waals surface area contributed by atoms with Crippen LogP contribution in [-0.2, 0) is 23.8 Å². The Labute approximate surface area is 158 Å². The highest BCUT2D eigenvalue weighted by Crippen LogP contribution is 2.58. The lowest BCUT2D eigenvalue weighted by Gasteiger charge is -2.46. The van der Waals surface area contributed by atoms with Crippen molar-refractivity contribution in [1.29, 1.82) is 0 Å². The Bertz CT molecular complexity index is 746. The van der Waals surface area contributed by atoms with Crippen molar-refractivity contribution < 1.29 is 28.9 Å². The minimum absolute atomic E-state index is 0.0611. The lowest BCUT2D eigenvalue weighted by Crippen LogP contribution is -2.60. The van der Waals surface area contributed by atoms with Crippen molar-refractivity contribution in [3.05, 3.63) is 36.5 Å². The summed E-state index contributed by atoms with van der Waals surface area (Å²) in [6.45, 7) is 15.4. The monoisotopic (exact) mass is 374 g/mol. The average molecular weight is 374 g/mol. The van der Waals surface area contributed by atoms with Crippen molar-refractivity contribution in [2.45, 2.75) is 63.1 Å². The Morgan fingerprint density at radius 3 is 2.63 bits per heavy atom. The number of fused-ring (bicyclic) bond motifs is 4. The molecular formula is C21H26O6. The number of carbonyl (C=O) groups is 2. The van der Waals surface area contributed by atoms with Gasteiger partial charge in [-0.1, -0.05) is 25.3 Å². The van der Waals surface area contributed by atoms with Crippen molar-refractivity contribution in [2.24, 2.45) is 17.8 Å². The summed E-state index contributed by atoms with van der Waals surface area (Å²) in [5.74, 6) is -1.67. The zero-order valence-corrected chi connectivity index (χ0v) is 15.8. The van der Waals surface area contributed by atoms with Gasteiger partial charge in [-0.15, -0.1) is 0 Å². The third-order valence-electron chi connectivity index (χ3n) is 6.60. The molecule has 2 aliphatic heterocycles. The second kappa shape index (κ2) is 6.04. The summed E-state index contributed by atoms with van der Waals surface area (Å²) < 4.78 is 17.5. The molecule has 1 spiro atoms. The maximum atomic E-state index is 12.8. The van der Waals surface area contributed by atoms with Crippen molar-refractivity contribution in [2.75, 3.05) is 0 Å². The van der Waals surface area contributed by atoms with Crippen LogP contribution >= 0.6 is 0 Å². The van der Waals surface area contributed by atoms with Crippen molar-refractivity contribution in [1.82, 2.24) is 0 Å². The Morgan fingerprint density at radius 1 is 1.37 bits per heavy atom. The smallest absolute Gasteiger partial charge is 0.339 e. The molecule has 2 saturated carbocycles. The number of aliphatic hydroxyl groups excluding tert-OH is 1. The van der Waals surface area contributed by atoms with E-state index in [-0.39, 0.29) is 17.9 Å². The molecule has 6 heteroatoms. The lowest BCUT2D eigenvalue weighted by molar-refractivity contribution is -0.228. The van der Waals surface area contributed by atoms with Crippen molar-refractivity contribution >= 4 is 11.9 Å². The summed E-state index contributed by atoms with van der Waals surface area (Å²) in [5.41, 5.74) is 0.724. The second-order valence-electron chi connectivity index (χ2n) is 8.46. The van der Waals surface area contributed by atoms with Gasteiger partial charge >= 0.3 is 11.9 Å². The molecule has 0 bridgehead atoms. The first-order valence-corrected chi connectivity index (χ1v) is 9.45. The molecule has 6 nitrogen and oxygen atoms in total. The quantitative estimate of drug-likeness (QED) is 0.453. The van der Waals surface area contributed by atoms with Gasteiger partial charge in [0.25, 0.3) is 0 Å². The van der Waals surface area contributed by atoms with E-state index in [1.165, 1.54) is 0 Å². The molecular weight excluding hydrogens is 348 g/mol. The van der Waals surface area contributed by atoms with E-state index in [0.29, 0.717) is 30.4 Å². The van der Waals surface area contributed by atoms with Gasteiger partial charge in [0.05, 0.1) is 18.1 Å². The van der Waals surface area contributed by atoms with E-state index in [9.17, 15) is 14.7 Å². The van der Waals surface area contributed by atoms with Crippen LogP contribution in [0, 0.1) is 17.8 Å². The highest BCUT2D eigenvalue weighted by Gasteiger charge is 2.70. The summed E-state index contributed by atoms with van der Waals surface area (Å²) in [7, 11) is 0. The third kappa shape index (κ3) is 2.53. The van der Waals surface area contributed by atoms with Crippen LogP contribution in [0.25, 0.3) is 0 Å². The molecule has 1 N–H and O–H groups in total. The zero-order chi connectivity index (χ0) is 19.7. The Kier molecular flexibility index (Phi) is 4.13. The molecule has 2 saturated heterocycles. The third-order valence-corrected chi connectivity index (χ3v) is 6.60. The normalized spacial score (nSPS) is 45.6. The molecule has 0 aromatic heterocycles. The summed E-state index contributed by atoms with van der Waals surface area (Å²) in [6, 6.07) is 0. The minimum Gasteiger partial charge on any atom is -0.459 e. The highest BCUT2D eigenvalue weighted by atomic mass is 16.6. The van der Waals surface area contributed by atoms with Gasteiger partial charge in [0, 0.05) is 24.3 Å². The van der Waals surface area contributed by atoms with Crippen LogP contribution in [0.2, 0.25) is 0 Å². The molecule has 2 aliphatic carbocycles. The average Bonchev–Trinajstić information content (AvgIpc) is 2.98. The van der Waals surface area contributed by atoms with Crippen LogP contribution in [-0.4, -0.2) is 47.1 Å². The molecule has 0 aromatic rings. The number of aliphatic hydroxyl groups is 1. The first-order chi connectivity index (χ1) is 12.7. The van der Waals surface area contributed by atoms with E-state index in [0.717, 1.165) is 5.57 Å². The van der Waals surface area contributed by atoms with E-state index in [4.69, 9.17) is 14.2 Å². The fraction of sp³-hybridized carbons (Fsp3) is 0.619. The van der Waals surface area contributed by atoms with E-state index in [1.54, 1.807) is 6.92 Å². The predicted octanol–water partition coefficient (Wildman–Crippen LogP) is 2.08. The van der Waals surface area contributed by atoms with Gasteiger partial charge in [0.15, 0.2) is 5.60 Å². The van der Waals surface area contributed by atoms with E-state index < -0.39 is 41.8 Å². The van der Waals surface area contributed by atoms with Gasteiger partial charge in [-0.05, 0) is 31.8 Å². The fourth-order valence-corrected chi connectivity index (χ4v) is 5.40. The fourth-order valence-electron chi connectivity index (χ4n) is 5.40. The number of ether oxygens (including phenoxy) is 3. The maximum absolute atomic E-state index is 12.8. The summed E-state index contributed by atoms with van der Waals surface area (Å²) in [5, 5.41) is 10.3. The molecule has 4 fully saturated rings. The van der Waals surface area contributed by atoms with Gasteiger partial charge in [0.2, 0.25) is 0 Å². The van der Waals surface area contributed by atoms with Gasteiger partial charge in [0.1, 0.15) is 12.2 Å². The van der Waals surface area contributed by atoms with E-state index >= 15 is 0 Å². The molecule has 4 aliphatic rings. The van der Waals surface area contributed by atoms with Gasteiger partial charge < -0.3 is 19.3 Å². The van der Waals surface area contributed by atoms with Gasteiger partial charge in [-0.3, -0.25) is 0 Å². The molecule has 0 aromatic carbocycles. The van der Waals surface area contributed by atoms with Crippen LogP contribution < -0.4 is 0 Å². The molecule has 27 heavy (non-hydrogen) atoms. The number of hydrogen-bond acceptors (Lipinski definition) is 6. The van der Waals surface area contributed by atoms with Crippen LogP contribution in [0.15, 0.2) is 36.5 Å². The van der Waals surface area contributed by atoms with E-state index in [2.05, 4.69) is 19.7 Å². The van der Waals surface area contributed by atoms with Crippen LogP contribution in [0.4, 0.5) is 0 Å². The number of hydrogen-bond donors (Lipinski definition) is 1. The van der Waals surface area contributed by atoms with Gasteiger partial charge in [-0.2, -0.15) is 0 Å². The topological polar surface area (TPSA) is 82.1 Å². The SMILES string of the molecule is C=C(C)C(=O)O[C@H]1CC(=C)[C@@H]2C[C@H](O)C(=C)[C@@H]2[C@H]2OC(=O)[C@]3(C[C@@H](C)O3)[C@@H]21. The number of esters is 2. The standard InChI is InChI=1S/C21H26O6/c1-9(2)19(23)25-15-6-10(3)13-7-14(22)12(5)16(13)18-17(15)21(20(24)26-18)8-11(4)27-21/h11,13-18,22H,1,3,5-8H2,2,4H3/t11-,13+,14+,15+,16+,17-,18-,21+/m1/s1. The molecule has 8 atom stereocenters.